The van der Waals surface area contributed by atoms with E-state index in [0.29, 0.717) is 16.9 Å². The molecule has 0 aliphatic carbocycles. The number of halogens is 1. The topological polar surface area (TPSA) is 63.4 Å². The summed E-state index contributed by atoms with van der Waals surface area (Å²) in [4.78, 5) is 6.54. The van der Waals surface area contributed by atoms with E-state index in [0.717, 1.165) is 25.3 Å². The number of rotatable bonds is 4. The van der Waals surface area contributed by atoms with Gasteiger partial charge in [-0.05, 0) is 27.0 Å². The molecule has 2 unspecified atom stereocenters. The first-order valence-electron chi connectivity index (χ1n) is 6.96. The molecule has 1 fully saturated rings. The van der Waals surface area contributed by atoms with Crippen molar-refractivity contribution >= 4 is 17.4 Å². The van der Waals surface area contributed by atoms with E-state index in [1.807, 2.05) is 13.1 Å². The number of nitrogens with one attached hydrogen (secondary N) is 1. The second kappa shape index (κ2) is 6.72. The van der Waals surface area contributed by atoms with Crippen molar-refractivity contribution in [1.29, 1.82) is 0 Å². The molecule has 0 spiro atoms. The lowest BCUT2D eigenvalue weighted by atomic mass is 10.00. The Morgan fingerprint density at radius 3 is 2.95 bits per heavy atom. The van der Waals surface area contributed by atoms with Crippen molar-refractivity contribution in [3.63, 3.8) is 0 Å². The molecular formula is C14H23ClN4O. The van der Waals surface area contributed by atoms with Crippen LogP contribution in [0.1, 0.15) is 25.5 Å². The smallest absolute Gasteiger partial charge is 0.128 e. The van der Waals surface area contributed by atoms with Gasteiger partial charge < -0.3 is 15.8 Å². The molecule has 1 aromatic heterocycles. The fourth-order valence-corrected chi connectivity index (χ4v) is 2.79. The van der Waals surface area contributed by atoms with E-state index < -0.39 is 0 Å². The molecule has 112 valence electrons. The maximum absolute atomic E-state index is 6.04. The lowest BCUT2D eigenvalue weighted by Gasteiger charge is -2.39. The third kappa shape index (κ3) is 3.41. The molecule has 0 saturated carbocycles. The summed E-state index contributed by atoms with van der Waals surface area (Å²) in [5.41, 5.74) is 6.89. The van der Waals surface area contributed by atoms with Gasteiger partial charge in [-0.2, -0.15) is 0 Å². The molecule has 2 rings (SSSR count). The Labute approximate surface area is 125 Å². The molecule has 1 saturated heterocycles. The highest BCUT2D eigenvalue weighted by atomic mass is 35.5. The van der Waals surface area contributed by atoms with Crippen LogP contribution in [-0.2, 0) is 4.74 Å². The van der Waals surface area contributed by atoms with Crippen LogP contribution in [0.4, 0.5) is 5.82 Å². The van der Waals surface area contributed by atoms with Crippen LogP contribution in [0.25, 0.3) is 0 Å². The van der Waals surface area contributed by atoms with E-state index in [9.17, 15) is 0 Å². The fourth-order valence-electron chi connectivity index (χ4n) is 2.62. The van der Waals surface area contributed by atoms with Crippen molar-refractivity contribution in [2.24, 2.45) is 0 Å². The zero-order chi connectivity index (χ0) is 14.7. The van der Waals surface area contributed by atoms with E-state index in [-0.39, 0.29) is 12.1 Å². The summed E-state index contributed by atoms with van der Waals surface area (Å²) < 4.78 is 5.93. The molecule has 2 atom stereocenters. The lowest BCUT2D eigenvalue weighted by molar-refractivity contribution is -0.0549. The Bertz CT molecular complexity index is 455. The molecule has 1 aliphatic heterocycles. The van der Waals surface area contributed by atoms with Gasteiger partial charge in [0.25, 0.3) is 0 Å². The van der Waals surface area contributed by atoms with E-state index in [1.54, 1.807) is 6.20 Å². The number of ether oxygens (including phenoxy) is 1. The Morgan fingerprint density at radius 2 is 2.30 bits per heavy atom. The normalized spacial score (nSPS) is 22.1. The van der Waals surface area contributed by atoms with Gasteiger partial charge in [0.05, 0.1) is 23.8 Å². The van der Waals surface area contributed by atoms with Crippen LogP contribution in [0.5, 0.6) is 0 Å². The number of aromatic nitrogens is 1. The zero-order valence-electron chi connectivity index (χ0n) is 12.3. The van der Waals surface area contributed by atoms with Crippen molar-refractivity contribution < 1.29 is 4.74 Å². The van der Waals surface area contributed by atoms with Crippen LogP contribution < -0.4 is 11.1 Å². The first-order chi connectivity index (χ1) is 9.52. The molecule has 0 aromatic carbocycles. The Morgan fingerprint density at radius 1 is 1.55 bits per heavy atom. The molecule has 0 radical (unpaired) electrons. The molecule has 0 bridgehead atoms. The van der Waals surface area contributed by atoms with Crippen molar-refractivity contribution in [3.8, 4) is 0 Å². The minimum atomic E-state index is -0.0113. The summed E-state index contributed by atoms with van der Waals surface area (Å²) in [6, 6.07) is 2.36. The standard InChI is InChI=1S/C14H23ClN4O/c1-9(2)19-4-5-20-12(8-19)13(17-3)11-6-10(15)7-18-14(11)16/h6-7,9,12-13,17H,4-5,8H2,1-3H3,(H2,16,18). The van der Waals surface area contributed by atoms with Gasteiger partial charge in [0.1, 0.15) is 5.82 Å². The number of nitrogens with zero attached hydrogens (tertiary/aromatic N) is 2. The molecule has 0 amide bonds. The molecule has 5 nitrogen and oxygen atoms in total. The van der Waals surface area contributed by atoms with Gasteiger partial charge in [0.15, 0.2) is 0 Å². The number of nitrogens with two attached hydrogens (primary N) is 1. The second-order valence-electron chi connectivity index (χ2n) is 5.39. The first-order valence-corrected chi connectivity index (χ1v) is 7.34. The number of likely N-dealkylation sites (N-methyl/N-ethyl adjacent to an activating group) is 1. The van der Waals surface area contributed by atoms with Gasteiger partial charge in [-0.15, -0.1) is 0 Å². The predicted molar refractivity (Wildman–Crippen MR) is 81.9 cm³/mol. The summed E-state index contributed by atoms with van der Waals surface area (Å²) in [5, 5.41) is 3.87. The van der Waals surface area contributed by atoms with E-state index in [2.05, 4.69) is 29.0 Å². The highest BCUT2D eigenvalue weighted by Gasteiger charge is 2.30. The van der Waals surface area contributed by atoms with Crippen LogP contribution in [0.3, 0.4) is 0 Å². The average molecular weight is 299 g/mol. The zero-order valence-corrected chi connectivity index (χ0v) is 13.0. The SMILES string of the molecule is CNC(c1cc(Cl)cnc1N)C1CN(C(C)C)CCO1. The minimum Gasteiger partial charge on any atom is -0.383 e. The fraction of sp³-hybridized carbons (Fsp3) is 0.643. The quantitative estimate of drug-likeness (QED) is 0.885. The van der Waals surface area contributed by atoms with Crippen LogP contribution in [-0.4, -0.2) is 48.8 Å². The maximum Gasteiger partial charge on any atom is 0.128 e. The van der Waals surface area contributed by atoms with Crippen LogP contribution in [0.2, 0.25) is 5.02 Å². The van der Waals surface area contributed by atoms with Crippen LogP contribution >= 0.6 is 11.6 Å². The Kier molecular flexibility index (Phi) is 5.21. The highest BCUT2D eigenvalue weighted by molar-refractivity contribution is 6.30. The Balaban J connectivity index is 2.21. The summed E-state index contributed by atoms with van der Waals surface area (Å²) in [7, 11) is 1.91. The predicted octanol–water partition coefficient (Wildman–Crippen LogP) is 1.69. The van der Waals surface area contributed by atoms with Crippen molar-refractivity contribution in [2.45, 2.75) is 32.0 Å². The molecule has 2 heterocycles. The van der Waals surface area contributed by atoms with Gasteiger partial charge in [-0.3, -0.25) is 4.90 Å². The monoisotopic (exact) mass is 298 g/mol. The molecule has 6 heteroatoms. The number of morpholine rings is 1. The van der Waals surface area contributed by atoms with Gasteiger partial charge in [-0.1, -0.05) is 11.6 Å². The average Bonchev–Trinajstić information content (AvgIpc) is 2.44. The van der Waals surface area contributed by atoms with Gasteiger partial charge in [0.2, 0.25) is 0 Å². The van der Waals surface area contributed by atoms with Crippen LogP contribution in [0.15, 0.2) is 12.3 Å². The summed E-state index contributed by atoms with van der Waals surface area (Å²) in [5.74, 6) is 0.499. The van der Waals surface area contributed by atoms with E-state index in [4.69, 9.17) is 22.1 Å². The summed E-state index contributed by atoms with van der Waals surface area (Å²) in [6.45, 7) is 6.97. The lowest BCUT2D eigenvalue weighted by Crippen LogP contribution is -2.50. The highest BCUT2D eigenvalue weighted by Crippen LogP contribution is 2.28. The second-order valence-corrected chi connectivity index (χ2v) is 5.83. The molecule has 1 aromatic rings. The third-order valence-corrected chi connectivity index (χ3v) is 4.00. The van der Waals surface area contributed by atoms with Crippen molar-refractivity contribution in [3.05, 3.63) is 22.8 Å². The number of anilines is 1. The van der Waals surface area contributed by atoms with Crippen molar-refractivity contribution in [1.82, 2.24) is 15.2 Å². The van der Waals surface area contributed by atoms with Gasteiger partial charge in [0, 0.05) is 30.9 Å². The summed E-state index contributed by atoms with van der Waals surface area (Å²) in [6.07, 6.45) is 1.61. The summed E-state index contributed by atoms with van der Waals surface area (Å²) >= 11 is 6.04. The minimum absolute atomic E-state index is 0.0113. The number of nitrogen functional groups attached to an aromatic ring is 1. The van der Waals surface area contributed by atoms with Gasteiger partial charge in [-0.25, -0.2) is 4.98 Å². The number of hydrogen-bond donors (Lipinski definition) is 2. The largest absolute Gasteiger partial charge is 0.383 e. The van der Waals surface area contributed by atoms with Crippen molar-refractivity contribution in [2.75, 3.05) is 32.5 Å². The van der Waals surface area contributed by atoms with E-state index in [1.165, 1.54) is 0 Å². The number of pyridine rings is 1. The molecule has 3 N–H and O–H groups in total. The van der Waals surface area contributed by atoms with Gasteiger partial charge >= 0.3 is 0 Å². The Hall–Kier alpha value is -0.880. The number of hydrogen-bond acceptors (Lipinski definition) is 5. The van der Waals surface area contributed by atoms with E-state index >= 15 is 0 Å². The maximum atomic E-state index is 6.04. The van der Waals surface area contributed by atoms with Crippen LogP contribution in [0, 0.1) is 0 Å². The first kappa shape index (κ1) is 15.5. The molecular weight excluding hydrogens is 276 g/mol. The third-order valence-electron chi connectivity index (χ3n) is 3.79. The molecule has 1 aliphatic rings. The molecule has 20 heavy (non-hydrogen) atoms.